The fraction of sp³-hybridized carbons (Fsp3) is 0. The van der Waals surface area contributed by atoms with Crippen LogP contribution in [-0.2, 0) is 130 Å². The van der Waals surface area contributed by atoms with Gasteiger partial charge in [0, 0.05) is 82.5 Å². The SMILES string of the molecule is O=[Si]([O-])[O-].O=[Si]([O-])[O-].O=[Si]([O-])[O-].O=[Si]([O-])[O-].O=[Si]([O-])[O-].O=[Si]([O-])[O-].O=[Si]([O-])[O-].O=[Si]([O-])[O-].O=[Si]([O-])[O-].[V+5].[V+5].[Zr+4].[Zr+4]. The van der Waals surface area contributed by atoms with Gasteiger partial charge in [0.1, 0.15) is 0 Å². The molecule has 0 rings (SSSR count). The van der Waals surface area contributed by atoms with Gasteiger partial charge < -0.3 is 126 Å². The summed E-state index contributed by atoms with van der Waals surface area (Å²) in [6, 6.07) is 0. The smallest absolute Gasteiger partial charge is 0.672 e. The molecule has 0 atom stereocenters. The van der Waals surface area contributed by atoms with Gasteiger partial charge in [0.25, 0.3) is 0 Å². The van der Waals surface area contributed by atoms with Crippen LogP contribution in [0.25, 0.3) is 0 Å². The van der Waals surface area contributed by atoms with Crippen LogP contribution in [0.2, 0.25) is 0 Å². The van der Waals surface area contributed by atoms with Crippen LogP contribution in [0, 0.1) is 0 Å². The van der Waals surface area contributed by atoms with Crippen molar-refractivity contribution in [3.8, 4) is 0 Å². The van der Waals surface area contributed by atoms with Gasteiger partial charge in [-0.2, -0.15) is 0 Å². The predicted molar refractivity (Wildman–Crippen MR) is 58.0 cm³/mol. The van der Waals surface area contributed by atoms with Crippen molar-refractivity contribution in [3.05, 3.63) is 0 Å². The van der Waals surface area contributed by atoms with Gasteiger partial charge in [-0.15, -0.1) is 0 Å². The van der Waals surface area contributed by atoms with Crippen LogP contribution in [0.5, 0.6) is 0 Å². The van der Waals surface area contributed by atoms with Crippen molar-refractivity contribution >= 4 is 82.5 Å². The van der Waals surface area contributed by atoms with E-state index in [1.165, 1.54) is 0 Å². The standard InChI is InChI=1S/9O3Si.2V.2Zr/c9*1-4(2)3;;;;/q9*-2;2*+5;2*+4. The number of hydrogen-bond acceptors (Lipinski definition) is 27. The molecule has 40 heteroatoms. The van der Waals surface area contributed by atoms with Gasteiger partial charge in [0.2, 0.25) is 0 Å². The molecule has 0 spiro atoms. The summed E-state index contributed by atoms with van der Waals surface area (Å²) in [5.41, 5.74) is 0. The van der Waals surface area contributed by atoms with Crippen LogP contribution < -0.4 is 86.3 Å². The first-order valence-electron chi connectivity index (χ1n) is 5.51. The summed E-state index contributed by atoms with van der Waals surface area (Å²) < 4.78 is 76.7. The fourth-order valence-corrected chi connectivity index (χ4v) is 0. The van der Waals surface area contributed by atoms with Gasteiger partial charge in [0.15, 0.2) is 0 Å². The summed E-state index contributed by atoms with van der Waals surface area (Å²) in [6.45, 7) is 0. The van der Waals surface area contributed by atoms with Gasteiger partial charge >= 0.3 is 89.5 Å². The molecule has 0 saturated carbocycles. The molecular formula is O27Si9V2Zr2. The minimum atomic E-state index is -3.63. The third-order valence-corrected chi connectivity index (χ3v) is 0. The molecule has 27 nitrogen and oxygen atoms in total. The first-order chi connectivity index (χ1) is 15.6. The van der Waals surface area contributed by atoms with E-state index < -0.39 is 82.5 Å². The summed E-state index contributed by atoms with van der Waals surface area (Å²) in [5.74, 6) is 0. The molecule has 0 aliphatic rings. The zero-order valence-corrected chi connectivity index (χ0v) is 34.1. The molecule has 40 heavy (non-hydrogen) atoms. The maximum atomic E-state index is 8.52. The quantitative estimate of drug-likeness (QED) is 0.203. The molecule has 0 aliphatic carbocycles. The summed E-state index contributed by atoms with van der Waals surface area (Å²) in [6.07, 6.45) is 0. The molecule has 0 saturated heterocycles. The molecule has 0 aromatic rings. The Bertz CT molecular complexity index is 430. The van der Waals surface area contributed by atoms with Crippen molar-refractivity contribution in [2.45, 2.75) is 0 Å². The van der Waals surface area contributed by atoms with E-state index in [0.29, 0.717) is 0 Å². The molecule has 0 amide bonds. The Hall–Kier alpha value is -0.513. The Morgan fingerprint density at radius 1 is 0.200 bits per heavy atom. The van der Waals surface area contributed by atoms with E-state index in [-0.39, 0.29) is 89.5 Å². The first-order valence-corrected chi connectivity index (χ1v) is 16.5. The topological polar surface area (TPSA) is 569 Å². The molecule has 0 fully saturated rings. The largest absolute Gasteiger partial charge is 5.00 e. The van der Waals surface area contributed by atoms with E-state index in [2.05, 4.69) is 0 Å². The molecule has 0 unspecified atom stereocenters. The number of hydrogen-bond donors (Lipinski definition) is 0. The predicted octanol–water partition coefficient (Wildman–Crippen LogP) is -25.9. The monoisotopic (exact) mass is 965 g/mol. The second-order valence-corrected chi connectivity index (χ2v) is 6.75. The van der Waals surface area contributed by atoms with Crippen molar-refractivity contribution in [1.82, 2.24) is 0 Å². The molecule has 0 aromatic carbocycles. The maximum absolute atomic E-state index is 8.52. The normalized spacial score (nSPS) is 5.40. The van der Waals surface area contributed by atoms with Gasteiger partial charge in [-0.25, -0.2) is 0 Å². The van der Waals surface area contributed by atoms with Crippen molar-refractivity contribution < 1.29 is 216 Å². The van der Waals surface area contributed by atoms with Crippen molar-refractivity contribution in [3.63, 3.8) is 0 Å². The van der Waals surface area contributed by atoms with Crippen LogP contribution in [0.4, 0.5) is 0 Å². The van der Waals surface area contributed by atoms with Gasteiger partial charge in [-0.05, 0) is 0 Å². The average molecular weight is 969 g/mol. The molecule has 0 N–H and O–H groups in total. The van der Waals surface area contributed by atoms with Crippen molar-refractivity contribution in [2.24, 2.45) is 0 Å². The van der Waals surface area contributed by atoms with E-state index in [0.717, 1.165) is 0 Å². The van der Waals surface area contributed by atoms with E-state index in [4.69, 9.17) is 126 Å². The molecule has 216 valence electrons. The summed E-state index contributed by atoms with van der Waals surface area (Å²) in [4.78, 5) is 153. The maximum Gasteiger partial charge on any atom is 5.00 e. The Kier molecular flexibility index (Phi) is 161. The van der Waals surface area contributed by atoms with E-state index in [9.17, 15) is 0 Å². The van der Waals surface area contributed by atoms with Gasteiger partial charge in [-0.3, -0.25) is 0 Å². The van der Waals surface area contributed by atoms with Crippen LogP contribution in [0.15, 0.2) is 0 Å². The van der Waals surface area contributed by atoms with Gasteiger partial charge in [0.05, 0.1) is 0 Å². The van der Waals surface area contributed by atoms with Crippen LogP contribution in [0.3, 0.4) is 0 Å². The molecule has 0 aromatic heterocycles. The summed E-state index contributed by atoms with van der Waals surface area (Å²) in [7, 11) is -32.7. The van der Waals surface area contributed by atoms with Crippen molar-refractivity contribution in [2.75, 3.05) is 0 Å². The summed E-state index contributed by atoms with van der Waals surface area (Å²) in [5, 5.41) is 0. The van der Waals surface area contributed by atoms with Crippen LogP contribution in [-0.4, -0.2) is 82.5 Å². The Balaban J connectivity index is -0.0000000184. The minimum Gasteiger partial charge on any atom is -0.672 e. The van der Waals surface area contributed by atoms with Crippen LogP contribution in [0.1, 0.15) is 0 Å². The molecule has 0 heterocycles. The Labute approximate surface area is 295 Å². The minimum absolute atomic E-state index is 0. The zero-order valence-electron chi connectivity index (χ0n) is 17.4. The zero-order chi connectivity index (χ0) is 32.2. The molecule has 0 bridgehead atoms. The molecular weight excluding hydrogens is 969 g/mol. The van der Waals surface area contributed by atoms with E-state index in [1.54, 1.807) is 0 Å². The third kappa shape index (κ3) is 190000. The fourth-order valence-electron chi connectivity index (χ4n) is 0. The Morgan fingerprint density at radius 3 is 0.200 bits per heavy atom. The number of rotatable bonds is 0. The van der Waals surface area contributed by atoms with Gasteiger partial charge in [-0.1, -0.05) is 0 Å². The van der Waals surface area contributed by atoms with Crippen LogP contribution >= 0.6 is 0 Å². The second-order valence-electron chi connectivity index (χ2n) is 2.25. The first kappa shape index (κ1) is 83.4. The molecule has 0 aliphatic heterocycles. The Morgan fingerprint density at radius 2 is 0.200 bits per heavy atom. The van der Waals surface area contributed by atoms with E-state index >= 15 is 0 Å². The molecule has 0 radical (unpaired) electrons. The summed E-state index contributed by atoms with van der Waals surface area (Å²) >= 11 is 0. The van der Waals surface area contributed by atoms with Crippen molar-refractivity contribution in [1.29, 1.82) is 0 Å². The third-order valence-electron chi connectivity index (χ3n) is 0. The second kappa shape index (κ2) is 77.1. The van der Waals surface area contributed by atoms with E-state index in [1.807, 2.05) is 0 Å². The average Bonchev–Trinajstić information content (AvgIpc) is 2.39.